The fraction of sp³-hybridized carbons (Fsp3) is 0.500. The number of thioether (sulfide) groups is 1. The van der Waals surface area contributed by atoms with Gasteiger partial charge in [0.25, 0.3) is 5.91 Å². The largest absolute Gasteiger partial charge is 0.394 e. The van der Waals surface area contributed by atoms with Gasteiger partial charge in [-0.3, -0.25) is 14.8 Å². The summed E-state index contributed by atoms with van der Waals surface area (Å²) >= 11 is 5.43. The van der Waals surface area contributed by atoms with Gasteiger partial charge < -0.3 is 15.5 Å². The van der Waals surface area contributed by atoms with E-state index in [-0.39, 0.29) is 17.6 Å². The van der Waals surface area contributed by atoms with Crippen LogP contribution in [0.5, 0.6) is 0 Å². The van der Waals surface area contributed by atoms with Crippen LogP contribution in [0.4, 0.5) is 5.82 Å². The van der Waals surface area contributed by atoms with E-state index in [1.54, 1.807) is 31.9 Å². The second-order valence-corrected chi connectivity index (χ2v) is 11.2. The number of carbonyl (C=O) groups excluding carboxylic acids is 1. The van der Waals surface area contributed by atoms with Gasteiger partial charge in [-0.15, -0.1) is 0 Å². The lowest BCUT2D eigenvalue weighted by Gasteiger charge is -2.30. The van der Waals surface area contributed by atoms with E-state index in [2.05, 4.69) is 54.6 Å². The van der Waals surface area contributed by atoms with Gasteiger partial charge in [-0.2, -0.15) is 0 Å². The quantitative estimate of drug-likeness (QED) is 0.304. The zero-order chi connectivity index (χ0) is 26.6. The summed E-state index contributed by atoms with van der Waals surface area (Å²) < 4.78 is 0.963. The molecule has 8 nitrogen and oxygen atoms in total. The van der Waals surface area contributed by atoms with Crippen molar-refractivity contribution < 1.29 is 4.79 Å². The first-order valence-electron chi connectivity index (χ1n) is 12.2. The molecule has 0 spiro atoms. The summed E-state index contributed by atoms with van der Waals surface area (Å²) in [4.78, 5) is 35.7. The van der Waals surface area contributed by atoms with Crippen molar-refractivity contribution in [2.75, 3.05) is 44.4 Å². The SMILES string of the molecule is C/C=C1\C(=NC(C)C)C(Br)=C(C)c2nc(SCC)nc(N3CCCN=C(/C=C(\N)C(=O)N(C)C)C3)c21. The van der Waals surface area contributed by atoms with Crippen molar-refractivity contribution in [1.82, 2.24) is 14.9 Å². The third-order valence-corrected chi connectivity index (χ3v) is 7.46. The van der Waals surface area contributed by atoms with E-state index < -0.39 is 0 Å². The van der Waals surface area contributed by atoms with Gasteiger partial charge in [0.05, 0.1) is 34.9 Å². The zero-order valence-corrected chi connectivity index (χ0v) is 24.6. The minimum atomic E-state index is -0.231. The van der Waals surface area contributed by atoms with Crippen LogP contribution in [0.3, 0.4) is 0 Å². The molecule has 1 amide bonds. The van der Waals surface area contributed by atoms with Crippen molar-refractivity contribution in [2.24, 2.45) is 15.7 Å². The van der Waals surface area contributed by atoms with Crippen LogP contribution in [0.2, 0.25) is 0 Å². The average molecular weight is 575 g/mol. The summed E-state index contributed by atoms with van der Waals surface area (Å²) in [5.41, 5.74) is 11.9. The van der Waals surface area contributed by atoms with E-state index in [0.29, 0.717) is 13.1 Å². The second-order valence-electron chi connectivity index (χ2n) is 9.15. The Balaban J connectivity index is 2.19. The number of hydrogen-bond acceptors (Lipinski definition) is 8. The van der Waals surface area contributed by atoms with Gasteiger partial charge in [0.15, 0.2) is 5.16 Å². The van der Waals surface area contributed by atoms with Crippen molar-refractivity contribution in [1.29, 1.82) is 0 Å². The van der Waals surface area contributed by atoms with Crippen LogP contribution < -0.4 is 10.6 Å². The lowest BCUT2D eigenvalue weighted by molar-refractivity contribution is -0.124. The summed E-state index contributed by atoms with van der Waals surface area (Å²) in [6.45, 7) is 12.3. The topological polar surface area (TPSA) is 100 Å². The van der Waals surface area contributed by atoms with Crippen LogP contribution >= 0.6 is 27.7 Å². The molecule has 0 radical (unpaired) electrons. The molecule has 194 valence electrons. The van der Waals surface area contributed by atoms with Crippen molar-refractivity contribution in [3.63, 3.8) is 0 Å². The molecule has 0 unspecified atom stereocenters. The summed E-state index contributed by atoms with van der Waals surface area (Å²) in [5, 5.41) is 0.742. The van der Waals surface area contributed by atoms with E-state index in [9.17, 15) is 4.79 Å². The number of rotatable bonds is 6. The normalized spacial score (nSPS) is 19.1. The molecule has 0 atom stereocenters. The minimum Gasteiger partial charge on any atom is -0.394 e. The first kappa shape index (κ1) is 28.1. The van der Waals surface area contributed by atoms with Gasteiger partial charge in [0.1, 0.15) is 5.82 Å². The number of amides is 1. The van der Waals surface area contributed by atoms with Crippen LogP contribution in [-0.4, -0.2) is 77.7 Å². The molecule has 1 aliphatic heterocycles. The van der Waals surface area contributed by atoms with Gasteiger partial charge in [0.2, 0.25) is 0 Å². The van der Waals surface area contributed by atoms with Crippen LogP contribution in [0.1, 0.15) is 52.3 Å². The molecule has 2 aliphatic rings. The Labute approximate surface area is 227 Å². The molecule has 1 aromatic rings. The first-order chi connectivity index (χ1) is 17.1. The number of hydrogen-bond donors (Lipinski definition) is 1. The predicted octanol–water partition coefficient (Wildman–Crippen LogP) is 4.56. The van der Waals surface area contributed by atoms with Crippen LogP contribution in [0.25, 0.3) is 11.1 Å². The Morgan fingerprint density at radius 3 is 2.67 bits per heavy atom. The summed E-state index contributed by atoms with van der Waals surface area (Å²) in [5.74, 6) is 1.50. The molecule has 0 aromatic carbocycles. The molecule has 3 rings (SSSR count). The average Bonchev–Trinajstić information content (AvgIpc) is 3.07. The number of nitrogens with zero attached hydrogens (tertiary/aromatic N) is 6. The van der Waals surface area contributed by atoms with Crippen molar-refractivity contribution in [3.8, 4) is 0 Å². The lowest BCUT2D eigenvalue weighted by atomic mass is 9.89. The molecular weight excluding hydrogens is 538 g/mol. The lowest BCUT2D eigenvalue weighted by Crippen LogP contribution is -2.33. The number of nitrogens with two attached hydrogens (primary N) is 1. The molecule has 0 saturated heterocycles. The number of halogens is 1. The fourth-order valence-corrected chi connectivity index (χ4v) is 5.20. The number of carbonyl (C=O) groups is 1. The number of likely N-dealkylation sites (N-methyl/N-ethyl adjacent to an activating group) is 1. The third-order valence-electron chi connectivity index (χ3n) is 5.76. The Bertz CT molecular complexity index is 1180. The summed E-state index contributed by atoms with van der Waals surface area (Å²) in [6, 6.07) is 0.135. The molecule has 10 heteroatoms. The van der Waals surface area contributed by atoms with Crippen LogP contribution in [0, 0.1) is 0 Å². The highest BCUT2D eigenvalue weighted by Crippen LogP contribution is 2.43. The van der Waals surface area contributed by atoms with E-state index in [1.165, 1.54) is 4.90 Å². The molecule has 2 heterocycles. The maximum atomic E-state index is 12.3. The predicted molar refractivity (Wildman–Crippen MR) is 156 cm³/mol. The van der Waals surface area contributed by atoms with Crippen molar-refractivity contribution in [3.05, 3.63) is 33.6 Å². The van der Waals surface area contributed by atoms with Gasteiger partial charge >= 0.3 is 0 Å². The van der Waals surface area contributed by atoms with E-state index in [1.807, 2.05) is 6.92 Å². The molecule has 36 heavy (non-hydrogen) atoms. The molecule has 2 N–H and O–H groups in total. The highest BCUT2D eigenvalue weighted by atomic mass is 79.9. The number of allylic oxidation sites excluding steroid dienone is 4. The van der Waals surface area contributed by atoms with Gasteiger partial charge in [-0.25, -0.2) is 9.97 Å². The highest BCUT2D eigenvalue weighted by Gasteiger charge is 2.32. The maximum absolute atomic E-state index is 12.3. The molecule has 1 aliphatic carbocycles. The Kier molecular flexibility index (Phi) is 9.52. The summed E-state index contributed by atoms with van der Waals surface area (Å²) in [7, 11) is 3.38. The molecule has 0 fully saturated rings. The molecular formula is C26H36BrN7OS. The molecule has 0 bridgehead atoms. The van der Waals surface area contributed by atoms with Crippen LogP contribution in [-0.2, 0) is 4.79 Å². The standard InChI is InChI=1S/C26H36BrN7OS/c1-8-18-20-22(16(5)21(27)23(18)30-15(3)4)31-26(36-9-2)32-24(20)34-12-10-11-29-17(14-34)13-19(28)25(35)33(6)7/h8,13,15H,9-12,14,28H2,1-7H3/b18-8-,19-13-,30-23?. The number of aliphatic imine (C=N–C) groups is 2. The van der Waals surface area contributed by atoms with Gasteiger partial charge in [-0.1, -0.05) is 24.8 Å². The molecule has 1 aromatic heterocycles. The van der Waals surface area contributed by atoms with Gasteiger partial charge in [-0.05, 0) is 67.4 Å². The number of fused-ring (bicyclic) bond motifs is 1. The second kappa shape index (κ2) is 12.2. The monoisotopic (exact) mass is 573 g/mol. The number of aromatic nitrogens is 2. The Morgan fingerprint density at radius 2 is 2.06 bits per heavy atom. The van der Waals surface area contributed by atoms with E-state index >= 15 is 0 Å². The summed E-state index contributed by atoms with van der Waals surface area (Å²) in [6.07, 6.45) is 4.65. The smallest absolute Gasteiger partial charge is 0.269 e. The van der Waals surface area contributed by atoms with Crippen molar-refractivity contribution in [2.45, 2.75) is 52.2 Å². The fourth-order valence-electron chi connectivity index (χ4n) is 4.13. The first-order valence-corrected chi connectivity index (χ1v) is 14.0. The zero-order valence-electron chi connectivity index (χ0n) is 22.2. The minimum absolute atomic E-state index is 0.135. The van der Waals surface area contributed by atoms with Gasteiger partial charge in [0, 0.05) is 43.3 Å². The Hall–Kier alpha value is -2.46. The number of anilines is 1. The van der Waals surface area contributed by atoms with E-state index in [4.69, 9.17) is 25.7 Å². The Morgan fingerprint density at radius 1 is 1.33 bits per heavy atom. The molecule has 0 saturated carbocycles. The highest BCUT2D eigenvalue weighted by molar-refractivity contribution is 9.12. The maximum Gasteiger partial charge on any atom is 0.269 e. The van der Waals surface area contributed by atoms with E-state index in [0.717, 1.165) is 68.0 Å². The van der Waals surface area contributed by atoms with Crippen molar-refractivity contribution >= 4 is 62.0 Å². The van der Waals surface area contributed by atoms with Crippen LogP contribution in [0.15, 0.2) is 37.5 Å². The third kappa shape index (κ3) is 6.08.